The Bertz CT molecular complexity index is 561. The molecular weight excluding hydrogens is 310 g/mol. The monoisotopic (exact) mass is 325 g/mol. The maximum Gasteiger partial charge on any atom is 0.201 e. The number of fused-ring (bicyclic) bond motifs is 1. The molecule has 96 valence electrons. The van der Waals surface area contributed by atoms with E-state index in [4.69, 9.17) is 5.73 Å². The van der Waals surface area contributed by atoms with Crippen molar-refractivity contribution in [1.29, 1.82) is 0 Å². The summed E-state index contributed by atoms with van der Waals surface area (Å²) in [6.45, 7) is 0.999. The maximum absolute atomic E-state index is 6.05. The van der Waals surface area contributed by atoms with E-state index in [-0.39, 0.29) is 0 Å². The molecule has 0 amide bonds. The van der Waals surface area contributed by atoms with Crippen molar-refractivity contribution in [3.8, 4) is 0 Å². The number of aromatic nitrogens is 2. The van der Waals surface area contributed by atoms with Gasteiger partial charge in [0.15, 0.2) is 0 Å². The van der Waals surface area contributed by atoms with Crippen LogP contribution in [0.5, 0.6) is 0 Å². The van der Waals surface area contributed by atoms with Crippen LogP contribution in [0.3, 0.4) is 0 Å². The Balaban J connectivity index is 1.94. The Morgan fingerprint density at radius 1 is 1.39 bits per heavy atom. The van der Waals surface area contributed by atoms with Gasteiger partial charge in [-0.05, 0) is 48.5 Å². The Hall–Kier alpha value is -0.680. The fourth-order valence-corrected chi connectivity index (χ4v) is 4.05. The number of nitrogens with two attached hydrogens (primary N) is 1. The quantitative estimate of drug-likeness (QED) is 0.918. The zero-order valence-corrected chi connectivity index (χ0v) is 12.5. The maximum atomic E-state index is 6.05. The summed E-state index contributed by atoms with van der Waals surface area (Å²) in [5.74, 6) is 3.94. The van der Waals surface area contributed by atoms with Crippen molar-refractivity contribution in [2.24, 2.45) is 5.92 Å². The highest BCUT2D eigenvalue weighted by Gasteiger charge is 2.17. The van der Waals surface area contributed by atoms with Crippen LogP contribution < -0.4 is 5.73 Å². The Labute approximate surface area is 119 Å². The second-order valence-electron chi connectivity index (χ2n) is 4.77. The Kier molecular flexibility index (Phi) is 3.52. The molecule has 2 aromatic rings. The van der Waals surface area contributed by atoms with Crippen LogP contribution in [-0.4, -0.2) is 21.1 Å². The van der Waals surface area contributed by atoms with E-state index in [1.54, 1.807) is 0 Å². The average Bonchev–Trinajstić information content (AvgIpc) is 2.67. The van der Waals surface area contributed by atoms with Gasteiger partial charge in [-0.15, -0.1) is 0 Å². The molecule has 1 fully saturated rings. The minimum absolute atomic E-state index is 0.640. The van der Waals surface area contributed by atoms with Crippen LogP contribution in [0, 0.1) is 5.92 Å². The molecule has 5 heteroatoms. The molecule has 0 spiro atoms. The number of imidazole rings is 1. The van der Waals surface area contributed by atoms with Crippen LogP contribution in [-0.2, 0) is 6.54 Å². The molecule has 3 rings (SSSR count). The van der Waals surface area contributed by atoms with E-state index in [0.29, 0.717) is 5.95 Å². The van der Waals surface area contributed by atoms with Crippen molar-refractivity contribution < 1.29 is 0 Å². The van der Waals surface area contributed by atoms with E-state index < -0.39 is 0 Å². The third kappa shape index (κ3) is 2.38. The van der Waals surface area contributed by atoms with Gasteiger partial charge < -0.3 is 10.3 Å². The second kappa shape index (κ2) is 5.13. The van der Waals surface area contributed by atoms with Gasteiger partial charge in [0.2, 0.25) is 5.95 Å². The molecule has 0 radical (unpaired) electrons. The van der Waals surface area contributed by atoms with Crippen molar-refractivity contribution in [2.45, 2.75) is 19.4 Å². The van der Waals surface area contributed by atoms with Gasteiger partial charge in [-0.25, -0.2) is 4.98 Å². The molecule has 0 saturated carbocycles. The molecule has 0 unspecified atom stereocenters. The van der Waals surface area contributed by atoms with Gasteiger partial charge in [-0.2, -0.15) is 11.8 Å². The van der Waals surface area contributed by atoms with Crippen LogP contribution in [0.25, 0.3) is 11.0 Å². The first-order valence-corrected chi connectivity index (χ1v) is 8.18. The molecule has 2 N–H and O–H groups in total. The lowest BCUT2D eigenvalue weighted by Crippen LogP contribution is -2.17. The lowest BCUT2D eigenvalue weighted by molar-refractivity contribution is 0.425. The summed E-state index contributed by atoms with van der Waals surface area (Å²) in [5.41, 5.74) is 8.18. The van der Waals surface area contributed by atoms with Gasteiger partial charge in [-0.1, -0.05) is 15.9 Å². The first kappa shape index (κ1) is 12.4. The van der Waals surface area contributed by atoms with Gasteiger partial charge in [0.1, 0.15) is 0 Å². The topological polar surface area (TPSA) is 43.8 Å². The fraction of sp³-hybridized carbons (Fsp3) is 0.462. The smallest absolute Gasteiger partial charge is 0.201 e. The van der Waals surface area contributed by atoms with Crippen LogP contribution >= 0.6 is 27.7 Å². The highest BCUT2D eigenvalue weighted by Crippen LogP contribution is 2.28. The van der Waals surface area contributed by atoms with Crippen LogP contribution in [0.4, 0.5) is 5.95 Å². The summed E-state index contributed by atoms with van der Waals surface area (Å²) in [5, 5.41) is 0. The predicted octanol–water partition coefficient (Wildman–Crippen LogP) is 3.52. The van der Waals surface area contributed by atoms with Crippen LogP contribution in [0.1, 0.15) is 12.8 Å². The molecule has 18 heavy (non-hydrogen) atoms. The van der Waals surface area contributed by atoms with Crippen LogP contribution in [0.15, 0.2) is 22.7 Å². The normalized spacial score (nSPS) is 17.4. The van der Waals surface area contributed by atoms with Gasteiger partial charge in [0, 0.05) is 11.0 Å². The molecule has 0 aliphatic carbocycles. The highest BCUT2D eigenvalue weighted by atomic mass is 79.9. The van der Waals surface area contributed by atoms with Gasteiger partial charge in [0.05, 0.1) is 11.0 Å². The van der Waals surface area contributed by atoms with Crippen molar-refractivity contribution in [3.05, 3.63) is 22.7 Å². The molecule has 1 aromatic carbocycles. The molecule has 0 atom stereocenters. The molecule has 3 nitrogen and oxygen atoms in total. The minimum Gasteiger partial charge on any atom is -0.369 e. The Morgan fingerprint density at radius 2 is 2.17 bits per heavy atom. The average molecular weight is 326 g/mol. The number of halogens is 1. The summed E-state index contributed by atoms with van der Waals surface area (Å²) in [4.78, 5) is 4.43. The van der Waals surface area contributed by atoms with Crippen molar-refractivity contribution in [1.82, 2.24) is 9.55 Å². The molecule has 0 bridgehead atoms. The number of hydrogen-bond donors (Lipinski definition) is 1. The fourth-order valence-electron chi connectivity index (χ4n) is 2.49. The Morgan fingerprint density at radius 3 is 2.94 bits per heavy atom. The molecule has 1 aliphatic rings. The summed E-state index contributed by atoms with van der Waals surface area (Å²) >= 11 is 5.57. The standard InChI is InChI=1S/C13H16BrN3S/c14-10-1-2-11-12(7-10)17(13(15)16-11)8-9-3-5-18-6-4-9/h1-2,7,9H,3-6,8H2,(H2,15,16). The number of anilines is 1. The van der Waals surface area contributed by atoms with Crippen molar-refractivity contribution in [3.63, 3.8) is 0 Å². The van der Waals surface area contributed by atoms with Crippen LogP contribution in [0.2, 0.25) is 0 Å². The lowest BCUT2D eigenvalue weighted by atomic mass is 10.0. The minimum atomic E-state index is 0.640. The number of nitrogen functional groups attached to an aromatic ring is 1. The summed E-state index contributed by atoms with van der Waals surface area (Å²) in [7, 11) is 0. The third-order valence-corrected chi connectivity index (χ3v) is 5.06. The first-order valence-electron chi connectivity index (χ1n) is 6.23. The molecule has 1 aromatic heterocycles. The molecule has 2 heterocycles. The van der Waals surface area contributed by atoms with Gasteiger partial charge in [0.25, 0.3) is 0 Å². The number of nitrogens with zero attached hydrogens (tertiary/aromatic N) is 2. The van der Waals surface area contributed by atoms with Gasteiger partial charge >= 0.3 is 0 Å². The highest BCUT2D eigenvalue weighted by molar-refractivity contribution is 9.10. The molecular formula is C13H16BrN3S. The van der Waals surface area contributed by atoms with E-state index in [1.807, 2.05) is 12.1 Å². The second-order valence-corrected chi connectivity index (χ2v) is 6.91. The van der Waals surface area contributed by atoms with E-state index in [1.165, 1.54) is 24.3 Å². The third-order valence-electron chi connectivity index (χ3n) is 3.52. The molecule has 1 saturated heterocycles. The zero-order chi connectivity index (χ0) is 12.5. The zero-order valence-electron chi connectivity index (χ0n) is 10.1. The number of hydrogen-bond acceptors (Lipinski definition) is 3. The predicted molar refractivity (Wildman–Crippen MR) is 81.9 cm³/mol. The van der Waals surface area contributed by atoms with Crippen molar-refractivity contribution in [2.75, 3.05) is 17.2 Å². The summed E-state index contributed by atoms with van der Waals surface area (Å²) in [6, 6.07) is 6.13. The molecule has 1 aliphatic heterocycles. The number of rotatable bonds is 2. The first-order chi connectivity index (χ1) is 8.74. The largest absolute Gasteiger partial charge is 0.369 e. The summed E-state index contributed by atoms with van der Waals surface area (Å²) < 4.78 is 3.25. The van der Waals surface area contributed by atoms with Crippen molar-refractivity contribution >= 4 is 44.7 Å². The number of benzene rings is 1. The lowest BCUT2D eigenvalue weighted by Gasteiger charge is -2.22. The number of thioether (sulfide) groups is 1. The van der Waals surface area contributed by atoms with E-state index in [0.717, 1.165) is 28.0 Å². The van der Waals surface area contributed by atoms with E-state index in [2.05, 4.69) is 43.3 Å². The summed E-state index contributed by atoms with van der Waals surface area (Å²) in [6.07, 6.45) is 2.58. The van der Waals surface area contributed by atoms with E-state index >= 15 is 0 Å². The van der Waals surface area contributed by atoms with Gasteiger partial charge in [-0.3, -0.25) is 0 Å². The van der Waals surface area contributed by atoms with E-state index in [9.17, 15) is 0 Å². The SMILES string of the molecule is Nc1nc2ccc(Br)cc2n1CC1CCSCC1.